The summed E-state index contributed by atoms with van der Waals surface area (Å²) in [6.07, 6.45) is 0. The van der Waals surface area contributed by atoms with Crippen LogP contribution < -0.4 is 0 Å². The molecule has 412 valence electrons. The van der Waals surface area contributed by atoms with E-state index in [1.807, 2.05) is 0 Å². The van der Waals surface area contributed by atoms with E-state index < -0.39 is 0 Å². The SMILES string of the molecule is N=N/N=N/N=N/N=N/N=N/N=N/N=N/N=N/N=N/N=N/N=N/N=N/N=N/N=N/N=N/N=N/N=N/N=N/N=N/N=N/N=N/N=N/N=N/N=N/N=N/N=N/N=N/N=N/N=N/N=N/N=N/N=N/N=N/N=N/N=N/N=N/N=N/N=N/N=N/N=N/N=P. The summed E-state index contributed by atoms with van der Waals surface area (Å²) in [5, 5.41) is 236. The van der Waals surface area contributed by atoms with E-state index in [9.17, 15) is 0 Å². The normalized spacial score (nSPS) is 15.5. The number of nitrogens with one attached hydrogen (secondary N) is 1. The molecular formula is H2N81P. The fraction of sp³-hybridized carbons (Fsp3) is 0. The molecule has 0 bridgehead atoms. The van der Waals surface area contributed by atoms with E-state index in [-0.39, 0.29) is 0 Å². The average Bonchev–Trinajstić information content (AvgIpc) is 3.48. The Hall–Kier alpha value is -15.9. The maximum absolute atomic E-state index is 6.27. The molecule has 0 radical (unpaired) electrons. The zero-order valence-corrected chi connectivity index (χ0v) is 37.8. The highest BCUT2D eigenvalue weighted by Gasteiger charge is 1.78. The minimum atomic E-state index is 2.50. The first-order valence-electron chi connectivity index (χ1n) is 16.2. The molecule has 0 heterocycles. The first kappa shape index (κ1) is 66.1. The van der Waals surface area contributed by atoms with Gasteiger partial charge in [0.1, 0.15) is 0 Å². The minimum Gasteiger partial charge on any atom is -0.183 e. The Morgan fingerprint density at radius 2 is 0.159 bits per heavy atom. The molecular weight excluding hydrogens is 1170 g/mol. The van der Waals surface area contributed by atoms with Crippen LogP contribution in [0.2, 0.25) is 0 Å². The van der Waals surface area contributed by atoms with Gasteiger partial charge in [-0.25, -0.2) is 0 Å². The van der Waals surface area contributed by atoms with Gasteiger partial charge in [0.15, 0.2) is 0 Å². The van der Waals surface area contributed by atoms with Crippen molar-refractivity contribution in [1.29, 1.82) is 5.53 Å². The van der Waals surface area contributed by atoms with E-state index in [1.54, 1.807) is 0 Å². The van der Waals surface area contributed by atoms with Crippen LogP contribution in [0.25, 0.3) is 0 Å². The predicted molar refractivity (Wildman–Crippen MR) is 205 cm³/mol. The quantitative estimate of drug-likeness (QED) is 0.0340. The second-order valence-electron chi connectivity index (χ2n) is 7.18. The molecule has 0 aromatic rings. The molecule has 0 aliphatic rings. The molecule has 82 heteroatoms. The zero-order chi connectivity index (χ0) is 58.6. The Morgan fingerprint density at radius 1 is 0.0976 bits per heavy atom. The molecule has 0 saturated carbocycles. The van der Waals surface area contributed by atoms with E-state index in [0.717, 1.165) is 0 Å². The molecule has 82 heavy (non-hydrogen) atoms. The van der Waals surface area contributed by atoms with Crippen molar-refractivity contribution in [3.8, 4) is 0 Å². The van der Waals surface area contributed by atoms with Gasteiger partial charge in [-0.1, -0.05) is 0 Å². The summed E-state index contributed by atoms with van der Waals surface area (Å²) in [4.78, 5) is 3.06. The molecule has 0 amide bonds. The number of nitrogens with zero attached hydrogens (tertiary/aromatic N) is 80. The first-order valence-corrected chi connectivity index (χ1v) is 16.7. The molecule has 0 atom stereocenters. The Bertz CT molecular complexity index is 2720. The molecule has 0 aliphatic heterocycles. The fourth-order valence-electron chi connectivity index (χ4n) is 1.40. The van der Waals surface area contributed by atoms with Crippen molar-refractivity contribution in [2.45, 2.75) is 0 Å². The smallest absolute Gasteiger partial charge is 0.0197 e. The Kier molecular flexibility index (Phi) is 52.5. The van der Waals surface area contributed by atoms with Crippen LogP contribution in [-0.2, 0) is 0 Å². The lowest BCUT2D eigenvalue weighted by Gasteiger charge is -1.70. The van der Waals surface area contributed by atoms with Crippen molar-refractivity contribution in [3.05, 3.63) is 0 Å². The molecule has 1 N–H and O–H groups in total. The van der Waals surface area contributed by atoms with Crippen LogP contribution in [0.5, 0.6) is 0 Å². The molecule has 0 rings (SSSR count). The van der Waals surface area contributed by atoms with E-state index in [4.69, 9.17) is 5.53 Å². The highest BCUT2D eigenvalue weighted by atomic mass is 31.0. The highest BCUT2D eigenvalue weighted by Crippen LogP contribution is 1.96. The summed E-state index contributed by atoms with van der Waals surface area (Å²) >= 11 is 0. The van der Waals surface area contributed by atoms with Crippen molar-refractivity contribution in [3.63, 3.8) is 0 Å². The van der Waals surface area contributed by atoms with Crippen LogP contribution in [-0.4, -0.2) is 0 Å². The van der Waals surface area contributed by atoms with Gasteiger partial charge in [0.25, 0.3) is 0 Å². The lowest BCUT2D eigenvalue weighted by atomic mass is 12.3. The monoisotopic (exact) mass is 1170 g/mol. The van der Waals surface area contributed by atoms with Gasteiger partial charge >= 0.3 is 0 Å². The summed E-state index contributed by atoms with van der Waals surface area (Å²) in [5.74, 6) is 0. The Morgan fingerprint density at radius 3 is 0.220 bits per heavy atom. The van der Waals surface area contributed by atoms with Crippen LogP contribution >= 0.6 is 9.03 Å². The van der Waals surface area contributed by atoms with Gasteiger partial charge in [-0.15, -0.1) is 4.85 Å². The third kappa shape index (κ3) is 64.1. The number of hydrogen-bond acceptors (Lipinski definition) is 1. The van der Waals surface area contributed by atoms with E-state index in [1.165, 1.54) is 0 Å². The first-order chi connectivity index (χ1) is 40.9. The van der Waals surface area contributed by atoms with Gasteiger partial charge < -0.3 is 0 Å². The molecule has 0 aromatic heterocycles. The van der Waals surface area contributed by atoms with Crippen molar-refractivity contribution in [2.24, 2.45) is 417 Å². The topological polar surface area (TPSA) is 1010 Å². The summed E-state index contributed by atoms with van der Waals surface area (Å²) in [7, 11) is 2.64. The maximum atomic E-state index is 6.27. The Balaban J connectivity index is 4.11. The van der Waals surface area contributed by atoms with Crippen LogP contribution in [0.4, 0.5) is 0 Å². The van der Waals surface area contributed by atoms with E-state index >= 15 is 0 Å². The van der Waals surface area contributed by atoms with Gasteiger partial charge in [0.05, 0.1) is 0 Å². The molecule has 0 aromatic carbocycles. The third-order valence-electron chi connectivity index (χ3n) is 3.17. The Labute approximate surface area is 432 Å². The molecule has 0 aliphatic carbocycles. The lowest BCUT2D eigenvalue weighted by molar-refractivity contribution is 0.723. The third-order valence-corrected chi connectivity index (χ3v) is 3.26. The summed E-state index contributed by atoms with van der Waals surface area (Å²) in [6, 6.07) is 0. The maximum Gasteiger partial charge on any atom is 0.0197 e. The highest BCUT2D eigenvalue weighted by molar-refractivity contribution is 7.03. The van der Waals surface area contributed by atoms with E-state index in [2.05, 4.69) is 427 Å². The number of rotatable bonds is 40. The molecule has 0 saturated heterocycles. The average molecular weight is 1170 g/mol. The zero-order valence-electron chi connectivity index (χ0n) is 36.8. The van der Waals surface area contributed by atoms with E-state index in [0.29, 0.717) is 0 Å². The predicted octanol–water partition coefficient (Wildman–Crippen LogP) is 15.6. The van der Waals surface area contributed by atoms with Crippen molar-refractivity contribution >= 4 is 9.03 Å². The van der Waals surface area contributed by atoms with Crippen molar-refractivity contribution in [1.82, 2.24) is 0 Å². The van der Waals surface area contributed by atoms with Crippen LogP contribution in [0.15, 0.2) is 417 Å². The largest absolute Gasteiger partial charge is 0.183 e. The molecule has 81 nitrogen and oxygen atoms in total. The molecule has 0 unspecified atom stereocenters. The molecule has 0 spiro atoms. The summed E-state index contributed by atoms with van der Waals surface area (Å²) < 4.78 is 0. The number of hydrogen-bond donors (Lipinski definition) is 1. The summed E-state index contributed by atoms with van der Waals surface area (Å²) in [6.45, 7) is 0. The van der Waals surface area contributed by atoms with Gasteiger partial charge in [-0.05, 0) is 83.6 Å². The lowest BCUT2D eigenvalue weighted by Crippen LogP contribution is -1.52. The minimum absolute atomic E-state index is 2.50. The standard InChI is InChI=1S/H2N81P/c1-2-3-4-5-6-7-8-9-10-11-12-13-14-15-16-17-18-19-20-21-22-23-24-25-26-27-28-29-30-31-32-33-34-35-36-37-38-39-40-41-42-43-44-45-46-47-48-49-50-51-52-53-54-55-56-57-58-59-60-61-62-63-64-65-66-67-68-69-70-71-72-73-74-75-76-77-78-79-80-81-82/h1,82H/b2-1?,4-3+,6-5+,8-7+,10-9+,12-11+,14-13+,16-15+,18-17+,20-19+,22-21+,24-23+,26-25+,28-27+,30-29+,32-31+,34-33+,36-35+,38-37+,40-39+,42-41+,44-43+,46-45+,48-47+,50-49+,52-51+,54-53+,56-55+,58-57+,60-59+,62-61+,64-63+,66-65+,68-67+,70-69+,72-71+,74-73+,76-75+,78-77+,80-79+. The van der Waals surface area contributed by atoms with Crippen LogP contribution in [0, 0.1) is 5.53 Å². The van der Waals surface area contributed by atoms with Crippen molar-refractivity contribution < 1.29 is 0 Å². The van der Waals surface area contributed by atoms with Crippen LogP contribution in [0.3, 0.4) is 0 Å². The van der Waals surface area contributed by atoms with Crippen LogP contribution in [0.1, 0.15) is 0 Å². The summed E-state index contributed by atoms with van der Waals surface area (Å²) in [5.41, 5.74) is 6.27. The second kappa shape index (κ2) is 65.1. The fourth-order valence-corrected chi connectivity index (χ4v) is 1.44. The van der Waals surface area contributed by atoms with Gasteiger partial charge in [-0.2, -0.15) is 5.53 Å². The molecule has 0 fully saturated rings. The second-order valence-corrected chi connectivity index (χ2v) is 7.38. The van der Waals surface area contributed by atoms with Crippen molar-refractivity contribution in [2.75, 3.05) is 0 Å². The van der Waals surface area contributed by atoms with Gasteiger partial charge in [0.2, 0.25) is 0 Å². The van der Waals surface area contributed by atoms with Gasteiger partial charge in [-0.3, -0.25) is 0 Å². The van der Waals surface area contributed by atoms with Gasteiger partial charge in [0, 0.05) is 338 Å².